The number of amides is 2. The molecule has 2 amide bonds. The first-order valence-corrected chi connectivity index (χ1v) is 12.2. The maximum absolute atomic E-state index is 12.2. The van der Waals surface area contributed by atoms with Crippen molar-refractivity contribution in [1.82, 2.24) is 10.6 Å². The highest BCUT2D eigenvalue weighted by molar-refractivity contribution is 6.43. The van der Waals surface area contributed by atoms with Crippen LogP contribution in [0.3, 0.4) is 0 Å². The number of ketones is 4. The van der Waals surface area contributed by atoms with E-state index in [1.807, 2.05) is 20.8 Å². The highest BCUT2D eigenvalue weighted by Gasteiger charge is 2.28. The SMILES string of the molecule is C=CC(=O)C(=O)CC(C)C(=O)C(=O)NCC(C)(C)CC(C)CCNC(=O)C(=O)C(C)COC(=O)C(=C)C. The molecule has 0 aromatic rings. The Balaban J connectivity index is 4.51. The third-order valence-electron chi connectivity index (χ3n) is 5.66. The number of carbonyl (C=O) groups is 7. The van der Waals surface area contributed by atoms with Crippen LogP contribution in [0.15, 0.2) is 24.8 Å². The van der Waals surface area contributed by atoms with Crippen LogP contribution in [0.4, 0.5) is 0 Å². The second kappa shape index (κ2) is 15.6. The number of hydrogen-bond acceptors (Lipinski definition) is 8. The Bertz CT molecular complexity index is 935. The average molecular weight is 521 g/mol. The number of allylic oxidation sites excluding steroid dienone is 1. The first kappa shape index (κ1) is 33.6. The first-order chi connectivity index (χ1) is 17.0. The van der Waals surface area contributed by atoms with Crippen molar-refractivity contribution >= 4 is 40.9 Å². The lowest BCUT2D eigenvalue weighted by molar-refractivity contribution is -0.145. The minimum atomic E-state index is -0.925. The molecule has 0 aliphatic rings. The number of rotatable bonds is 18. The van der Waals surface area contributed by atoms with E-state index in [2.05, 4.69) is 23.8 Å². The average Bonchev–Trinajstić information content (AvgIpc) is 2.83. The number of hydrogen-bond donors (Lipinski definition) is 2. The fourth-order valence-corrected chi connectivity index (χ4v) is 3.48. The van der Waals surface area contributed by atoms with Gasteiger partial charge in [-0.1, -0.05) is 47.8 Å². The smallest absolute Gasteiger partial charge is 0.333 e. The molecule has 37 heavy (non-hydrogen) atoms. The molecule has 206 valence electrons. The molecular formula is C27H40N2O8. The fourth-order valence-electron chi connectivity index (χ4n) is 3.48. The van der Waals surface area contributed by atoms with Gasteiger partial charge in [-0.2, -0.15) is 0 Å². The van der Waals surface area contributed by atoms with Crippen molar-refractivity contribution in [3.05, 3.63) is 24.8 Å². The summed E-state index contributed by atoms with van der Waals surface area (Å²) in [6, 6.07) is 0. The molecule has 0 rings (SSSR count). The van der Waals surface area contributed by atoms with Crippen molar-refractivity contribution in [2.45, 2.75) is 60.8 Å². The van der Waals surface area contributed by atoms with Crippen LogP contribution in [0.2, 0.25) is 0 Å². The molecule has 0 fully saturated rings. The van der Waals surface area contributed by atoms with Gasteiger partial charge in [-0.15, -0.1) is 0 Å². The summed E-state index contributed by atoms with van der Waals surface area (Å²) in [5.74, 6) is -6.80. The summed E-state index contributed by atoms with van der Waals surface area (Å²) in [7, 11) is 0. The normalized spacial score (nSPS) is 13.4. The van der Waals surface area contributed by atoms with E-state index in [1.165, 1.54) is 20.8 Å². The summed E-state index contributed by atoms with van der Waals surface area (Å²) in [5, 5.41) is 5.17. The van der Waals surface area contributed by atoms with Gasteiger partial charge in [0.15, 0.2) is 0 Å². The zero-order valence-corrected chi connectivity index (χ0v) is 22.7. The lowest BCUT2D eigenvalue weighted by atomic mass is 9.82. The van der Waals surface area contributed by atoms with Crippen molar-refractivity contribution in [2.24, 2.45) is 23.2 Å². The molecule has 0 heterocycles. The Morgan fingerprint density at radius 1 is 0.919 bits per heavy atom. The number of carbonyl (C=O) groups excluding carboxylic acids is 7. The van der Waals surface area contributed by atoms with E-state index in [4.69, 9.17) is 4.74 Å². The van der Waals surface area contributed by atoms with Gasteiger partial charge in [0, 0.05) is 31.0 Å². The van der Waals surface area contributed by atoms with Crippen LogP contribution in [0.25, 0.3) is 0 Å². The van der Waals surface area contributed by atoms with Crippen LogP contribution >= 0.6 is 0 Å². The van der Waals surface area contributed by atoms with Gasteiger partial charge in [0.2, 0.25) is 23.1 Å². The maximum atomic E-state index is 12.2. The third kappa shape index (κ3) is 12.9. The molecule has 0 aromatic heterocycles. The van der Waals surface area contributed by atoms with E-state index in [1.54, 1.807) is 0 Å². The highest BCUT2D eigenvalue weighted by Crippen LogP contribution is 2.26. The van der Waals surface area contributed by atoms with Crippen molar-refractivity contribution < 1.29 is 38.3 Å². The molecule has 0 aliphatic heterocycles. The molecule has 10 heteroatoms. The Kier molecular flexibility index (Phi) is 14.2. The lowest BCUT2D eigenvalue weighted by Gasteiger charge is -2.28. The molecule has 0 aliphatic carbocycles. The summed E-state index contributed by atoms with van der Waals surface area (Å²) in [4.78, 5) is 83.1. The Hall–Kier alpha value is -3.43. The van der Waals surface area contributed by atoms with Crippen LogP contribution in [0.5, 0.6) is 0 Å². The van der Waals surface area contributed by atoms with Crippen LogP contribution < -0.4 is 10.6 Å². The highest BCUT2D eigenvalue weighted by atomic mass is 16.5. The minimum Gasteiger partial charge on any atom is -0.462 e. The number of nitrogens with one attached hydrogen (secondary N) is 2. The molecule has 10 nitrogen and oxygen atoms in total. The van der Waals surface area contributed by atoms with E-state index in [-0.39, 0.29) is 43.0 Å². The second-order valence-electron chi connectivity index (χ2n) is 10.3. The Labute approximate surface area is 218 Å². The molecule has 0 saturated carbocycles. The molecular weight excluding hydrogens is 480 g/mol. The molecule has 0 radical (unpaired) electrons. The second-order valence-corrected chi connectivity index (χ2v) is 10.3. The van der Waals surface area contributed by atoms with Crippen LogP contribution in [-0.4, -0.2) is 60.6 Å². The van der Waals surface area contributed by atoms with E-state index < -0.39 is 52.8 Å². The monoisotopic (exact) mass is 520 g/mol. The topological polar surface area (TPSA) is 153 Å². The molecule has 0 bridgehead atoms. The quantitative estimate of drug-likeness (QED) is 0.158. The van der Waals surface area contributed by atoms with Gasteiger partial charge < -0.3 is 15.4 Å². The van der Waals surface area contributed by atoms with Crippen molar-refractivity contribution in [3.8, 4) is 0 Å². The molecule has 0 aromatic carbocycles. The summed E-state index contributed by atoms with van der Waals surface area (Å²) in [6.07, 6.45) is 1.74. The fraction of sp³-hybridized carbons (Fsp3) is 0.593. The van der Waals surface area contributed by atoms with E-state index in [0.717, 1.165) is 6.08 Å². The van der Waals surface area contributed by atoms with Gasteiger partial charge in [-0.3, -0.25) is 28.8 Å². The number of ether oxygens (including phenoxy) is 1. The van der Waals surface area contributed by atoms with Gasteiger partial charge in [0.05, 0.1) is 5.92 Å². The molecule has 0 spiro atoms. The van der Waals surface area contributed by atoms with Crippen molar-refractivity contribution in [2.75, 3.05) is 19.7 Å². The zero-order valence-electron chi connectivity index (χ0n) is 22.7. The lowest BCUT2D eigenvalue weighted by Crippen LogP contribution is -2.41. The van der Waals surface area contributed by atoms with Gasteiger partial charge in [-0.25, -0.2) is 4.79 Å². The van der Waals surface area contributed by atoms with E-state index in [0.29, 0.717) is 12.8 Å². The van der Waals surface area contributed by atoms with E-state index in [9.17, 15) is 33.6 Å². The Morgan fingerprint density at radius 2 is 1.46 bits per heavy atom. The summed E-state index contributed by atoms with van der Waals surface area (Å²) in [5.41, 5.74) is -0.176. The van der Waals surface area contributed by atoms with Gasteiger partial charge in [0.25, 0.3) is 11.8 Å². The van der Waals surface area contributed by atoms with Gasteiger partial charge >= 0.3 is 5.97 Å². The number of Topliss-reactive ketones (excluding diaryl/α,β-unsaturated/α-hetero) is 3. The largest absolute Gasteiger partial charge is 0.462 e. The van der Waals surface area contributed by atoms with Crippen molar-refractivity contribution in [3.63, 3.8) is 0 Å². The van der Waals surface area contributed by atoms with Crippen molar-refractivity contribution in [1.29, 1.82) is 0 Å². The van der Waals surface area contributed by atoms with Crippen LogP contribution in [0.1, 0.15) is 60.8 Å². The third-order valence-corrected chi connectivity index (χ3v) is 5.66. The summed E-state index contributed by atoms with van der Waals surface area (Å²) in [6.45, 7) is 17.1. The molecule has 2 N–H and O–H groups in total. The minimum absolute atomic E-state index is 0.119. The van der Waals surface area contributed by atoms with Gasteiger partial charge in [-0.05, 0) is 37.2 Å². The zero-order chi connectivity index (χ0) is 28.9. The summed E-state index contributed by atoms with van der Waals surface area (Å²) >= 11 is 0. The van der Waals surface area contributed by atoms with Crippen LogP contribution in [0, 0.1) is 23.2 Å². The molecule has 0 saturated heterocycles. The first-order valence-electron chi connectivity index (χ1n) is 12.2. The van der Waals surface area contributed by atoms with Crippen LogP contribution in [-0.2, 0) is 38.3 Å². The molecule has 3 atom stereocenters. The molecule has 3 unspecified atom stereocenters. The van der Waals surface area contributed by atoms with Gasteiger partial charge in [0.1, 0.15) is 6.61 Å². The predicted molar refractivity (Wildman–Crippen MR) is 137 cm³/mol. The van der Waals surface area contributed by atoms with E-state index >= 15 is 0 Å². The Morgan fingerprint density at radius 3 is 2.00 bits per heavy atom. The predicted octanol–water partition coefficient (Wildman–Crippen LogP) is 1.91. The maximum Gasteiger partial charge on any atom is 0.333 e. The number of esters is 1. The standard InChI is InChI=1S/C27H40N2O8/c1-9-20(30)21(31)12-18(5)22(32)25(35)29-15-27(7,8)13-17(4)10-11-28-24(34)23(33)19(6)14-37-26(36)16(2)3/h9,17-19H,1-2,10-15H2,3-8H3,(H,28,34)(H,29,35). The summed E-state index contributed by atoms with van der Waals surface area (Å²) < 4.78 is 4.91.